The van der Waals surface area contributed by atoms with Crippen LogP contribution in [0.3, 0.4) is 0 Å². The largest absolute Gasteiger partial charge is 0.381 e. The molecule has 3 aliphatic heterocycles. The van der Waals surface area contributed by atoms with Gasteiger partial charge in [-0.1, -0.05) is 12.1 Å². The topological polar surface area (TPSA) is 30.9 Å². The second kappa shape index (κ2) is 8.79. The standard InChI is InChI=1S/C21H30FNO3/c22-18-3-1-16(2-4-18)13-23-10-7-21-20(23)6-5-19(26-21)15-25-14-17-8-11-24-12-9-17/h1-4,17,19-21H,5-15H2/t19-,20-,21-/m1/s1. The molecule has 0 radical (unpaired) electrons. The van der Waals surface area contributed by atoms with Gasteiger partial charge in [-0.3, -0.25) is 4.90 Å². The fraction of sp³-hybridized carbons (Fsp3) is 0.714. The first kappa shape index (κ1) is 18.4. The summed E-state index contributed by atoms with van der Waals surface area (Å²) in [5, 5.41) is 0. The molecule has 4 nitrogen and oxygen atoms in total. The van der Waals surface area contributed by atoms with E-state index in [9.17, 15) is 4.39 Å². The highest BCUT2D eigenvalue weighted by atomic mass is 19.1. The summed E-state index contributed by atoms with van der Waals surface area (Å²) in [6.45, 7) is 5.26. The fourth-order valence-corrected chi connectivity index (χ4v) is 4.51. The Hall–Kier alpha value is -1.01. The molecule has 5 heteroatoms. The molecular formula is C21H30FNO3. The summed E-state index contributed by atoms with van der Waals surface area (Å²) in [6.07, 6.45) is 6.11. The van der Waals surface area contributed by atoms with E-state index in [-0.39, 0.29) is 11.9 Å². The van der Waals surface area contributed by atoms with Crippen molar-refractivity contribution in [3.05, 3.63) is 35.6 Å². The van der Waals surface area contributed by atoms with Gasteiger partial charge in [-0.05, 0) is 55.7 Å². The quantitative estimate of drug-likeness (QED) is 0.775. The number of halogens is 1. The molecular weight excluding hydrogens is 333 g/mol. The molecule has 0 aliphatic carbocycles. The van der Waals surface area contributed by atoms with Gasteiger partial charge in [0.25, 0.3) is 0 Å². The molecule has 0 saturated carbocycles. The smallest absolute Gasteiger partial charge is 0.123 e. The lowest BCUT2D eigenvalue weighted by molar-refractivity contribution is -0.105. The summed E-state index contributed by atoms with van der Waals surface area (Å²) in [6, 6.07) is 7.36. The molecule has 0 unspecified atom stereocenters. The van der Waals surface area contributed by atoms with Gasteiger partial charge in [-0.15, -0.1) is 0 Å². The number of rotatable bonds is 6. The number of hydrogen-bond donors (Lipinski definition) is 0. The van der Waals surface area contributed by atoms with Crippen molar-refractivity contribution in [2.45, 2.75) is 56.9 Å². The molecule has 26 heavy (non-hydrogen) atoms. The van der Waals surface area contributed by atoms with Crippen molar-refractivity contribution in [1.82, 2.24) is 4.90 Å². The SMILES string of the molecule is Fc1ccc(CN2CC[C@H]3O[C@@H](COCC4CCOCC4)CC[C@H]32)cc1. The zero-order chi connectivity index (χ0) is 17.8. The molecule has 3 saturated heterocycles. The summed E-state index contributed by atoms with van der Waals surface area (Å²) < 4.78 is 30.8. The number of fused-ring (bicyclic) bond motifs is 1. The van der Waals surface area contributed by atoms with Gasteiger partial charge < -0.3 is 14.2 Å². The second-order valence-corrected chi connectivity index (χ2v) is 7.92. The van der Waals surface area contributed by atoms with Crippen molar-refractivity contribution in [3.63, 3.8) is 0 Å². The molecule has 0 bridgehead atoms. The average Bonchev–Trinajstić information content (AvgIpc) is 3.07. The second-order valence-electron chi connectivity index (χ2n) is 7.92. The number of hydrogen-bond acceptors (Lipinski definition) is 4. The minimum atomic E-state index is -0.169. The predicted molar refractivity (Wildman–Crippen MR) is 97.5 cm³/mol. The van der Waals surface area contributed by atoms with Gasteiger partial charge >= 0.3 is 0 Å². The van der Waals surface area contributed by atoms with Crippen LogP contribution in [0.2, 0.25) is 0 Å². The highest BCUT2D eigenvalue weighted by Gasteiger charge is 2.39. The monoisotopic (exact) mass is 363 g/mol. The highest BCUT2D eigenvalue weighted by molar-refractivity contribution is 5.16. The van der Waals surface area contributed by atoms with Gasteiger partial charge in [0.2, 0.25) is 0 Å². The lowest BCUT2D eigenvalue weighted by Gasteiger charge is -2.36. The number of ether oxygens (including phenoxy) is 3. The van der Waals surface area contributed by atoms with Crippen molar-refractivity contribution < 1.29 is 18.6 Å². The lowest BCUT2D eigenvalue weighted by atomic mass is 9.99. The minimum absolute atomic E-state index is 0.169. The molecule has 1 aromatic rings. The number of nitrogens with zero attached hydrogens (tertiary/aromatic N) is 1. The minimum Gasteiger partial charge on any atom is -0.381 e. The normalized spacial score (nSPS) is 30.4. The van der Waals surface area contributed by atoms with Crippen LogP contribution in [0.5, 0.6) is 0 Å². The fourth-order valence-electron chi connectivity index (χ4n) is 4.51. The number of benzene rings is 1. The zero-order valence-electron chi connectivity index (χ0n) is 15.4. The van der Waals surface area contributed by atoms with Gasteiger partial charge in [-0.2, -0.15) is 0 Å². The van der Waals surface area contributed by atoms with Crippen molar-refractivity contribution >= 4 is 0 Å². The Morgan fingerprint density at radius 3 is 2.62 bits per heavy atom. The predicted octanol–water partition coefficient (Wildman–Crippen LogP) is 3.39. The maximum absolute atomic E-state index is 13.1. The van der Waals surface area contributed by atoms with Crippen LogP contribution in [0.25, 0.3) is 0 Å². The van der Waals surface area contributed by atoms with Crippen LogP contribution in [0.4, 0.5) is 4.39 Å². The first-order chi connectivity index (χ1) is 12.8. The van der Waals surface area contributed by atoms with Crippen LogP contribution in [-0.4, -0.2) is 56.1 Å². The van der Waals surface area contributed by atoms with E-state index in [4.69, 9.17) is 14.2 Å². The molecule has 3 atom stereocenters. The zero-order valence-corrected chi connectivity index (χ0v) is 15.4. The van der Waals surface area contributed by atoms with Crippen LogP contribution < -0.4 is 0 Å². The van der Waals surface area contributed by atoms with Crippen LogP contribution >= 0.6 is 0 Å². The van der Waals surface area contributed by atoms with Gasteiger partial charge in [0, 0.05) is 39.0 Å². The van der Waals surface area contributed by atoms with E-state index in [1.54, 1.807) is 12.1 Å². The van der Waals surface area contributed by atoms with Gasteiger partial charge in [0.15, 0.2) is 0 Å². The summed E-state index contributed by atoms with van der Waals surface area (Å²) in [7, 11) is 0. The lowest BCUT2D eigenvalue weighted by Crippen LogP contribution is -2.43. The molecule has 3 aliphatic rings. The Balaban J connectivity index is 1.21. The van der Waals surface area contributed by atoms with E-state index >= 15 is 0 Å². The van der Waals surface area contributed by atoms with Crippen molar-refractivity contribution in [3.8, 4) is 0 Å². The van der Waals surface area contributed by atoms with Gasteiger partial charge in [-0.25, -0.2) is 4.39 Å². The third-order valence-corrected chi connectivity index (χ3v) is 6.05. The van der Waals surface area contributed by atoms with Crippen LogP contribution in [0, 0.1) is 11.7 Å². The Bertz CT molecular complexity index is 561. The average molecular weight is 363 g/mol. The van der Waals surface area contributed by atoms with E-state index in [2.05, 4.69) is 4.90 Å². The molecule has 0 aromatic heterocycles. The van der Waals surface area contributed by atoms with Crippen molar-refractivity contribution in [2.24, 2.45) is 5.92 Å². The molecule has 3 fully saturated rings. The van der Waals surface area contributed by atoms with E-state index in [0.717, 1.165) is 71.6 Å². The summed E-state index contributed by atoms with van der Waals surface area (Å²) in [5.74, 6) is 0.482. The Morgan fingerprint density at radius 2 is 1.81 bits per heavy atom. The van der Waals surface area contributed by atoms with Crippen LogP contribution in [0.1, 0.15) is 37.7 Å². The molecule has 1 aromatic carbocycles. The summed E-state index contributed by atoms with van der Waals surface area (Å²) >= 11 is 0. The maximum Gasteiger partial charge on any atom is 0.123 e. The van der Waals surface area contributed by atoms with E-state index < -0.39 is 0 Å². The van der Waals surface area contributed by atoms with Crippen molar-refractivity contribution in [2.75, 3.05) is 33.0 Å². The molecule has 0 N–H and O–H groups in total. The highest BCUT2D eigenvalue weighted by Crippen LogP contribution is 2.32. The van der Waals surface area contributed by atoms with E-state index in [0.29, 0.717) is 18.1 Å². The van der Waals surface area contributed by atoms with Crippen LogP contribution in [-0.2, 0) is 20.8 Å². The van der Waals surface area contributed by atoms with Gasteiger partial charge in [0.05, 0.1) is 18.8 Å². The van der Waals surface area contributed by atoms with E-state index in [1.807, 2.05) is 12.1 Å². The number of likely N-dealkylation sites (tertiary alicyclic amines) is 1. The Labute approximate surface area is 155 Å². The third kappa shape index (κ3) is 4.63. The first-order valence-corrected chi connectivity index (χ1v) is 10.1. The molecule has 4 rings (SSSR count). The first-order valence-electron chi connectivity index (χ1n) is 10.1. The Morgan fingerprint density at radius 1 is 1.00 bits per heavy atom. The van der Waals surface area contributed by atoms with Crippen LogP contribution in [0.15, 0.2) is 24.3 Å². The molecule has 3 heterocycles. The molecule has 0 amide bonds. The molecule has 144 valence electrons. The van der Waals surface area contributed by atoms with E-state index in [1.165, 1.54) is 5.56 Å². The van der Waals surface area contributed by atoms with Gasteiger partial charge in [0.1, 0.15) is 5.82 Å². The Kier molecular flexibility index (Phi) is 6.20. The van der Waals surface area contributed by atoms with Crippen molar-refractivity contribution in [1.29, 1.82) is 0 Å². The molecule has 0 spiro atoms. The summed E-state index contributed by atoms with van der Waals surface area (Å²) in [5.41, 5.74) is 1.17. The summed E-state index contributed by atoms with van der Waals surface area (Å²) in [4.78, 5) is 2.50. The maximum atomic E-state index is 13.1. The third-order valence-electron chi connectivity index (χ3n) is 6.05.